The fourth-order valence-electron chi connectivity index (χ4n) is 3.66. The van der Waals surface area contributed by atoms with Gasteiger partial charge in [0, 0.05) is 12.5 Å². The third kappa shape index (κ3) is 5.91. The van der Waals surface area contributed by atoms with Gasteiger partial charge >= 0.3 is 5.97 Å². The van der Waals surface area contributed by atoms with Gasteiger partial charge in [0.05, 0.1) is 17.0 Å². The predicted octanol–water partition coefficient (Wildman–Crippen LogP) is 6.01. The molecule has 1 aromatic heterocycles. The summed E-state index contributed by atoms with van der Waals surface area (Å²) in [5, 5.41) is 3.39. The van der Waals surface area contributed by atoms with Crippen molar-refractivity contribution in [3.8, 4) is 5.75 Å². The van der Waals surface area contributed by atoms with Crippen molar-refractivity contribution in [3.63, 3.8) is 0 Å². The molecule has 0 bridgehead atoms. The summed E-state index contributed by atoms with van der Waals surface area (Å²) in [7, 11) is 0. The molecule has 0 aliphatic carbocycles. The van der Waals surface area contributed by atoms with E-state index >= 15 is 0 Å². The van der Waals surface area contributed by atoms with Crippen LogP contribution in [0.25, 0.3) is 0 Å². The SMILES string of the molecule is CCCCC(CNc1nc(C)c(OC(=O)c2ccccc2C)c(C)n1)c1ccccc1. The van der Waals surface area contributed by atoms with Crippen LogP contribution in [-0.4, -0.2) is 22.5 Å². The van der Waals surface area contributed by atoms with Gasteiger partial charge in [-0.1, -0.05) is 68.3 Å². The summed E-state index contributed by atoms with van der Waals surface area (Å²) in [4.78, 5) is 21.7. The molecule has 0 saturated heterocycles. The normalized spacial score (nSPS) is 11.7. The molecule has 2 aromatic carbocycles. The second kappa shape index (κ2) is 10.7. The van der Waals surface area contributed by atoms with Gasteiger partial charge in [0.2, 0.25) is 5.95 Å². The molecule has 0 spiro atoms. The number of anilines is 1. The molecule has 1 N–H and O–H groups in total. The van der Waals surface area contributed by atoms with E-state index in [1.807, 2.05) is 45.0 Å². The Morgan fingerprint density at radius 1 is 0.968 bits per heavy atom. The Balaban J connectivity index is 1.72. The predicted molar refractivity (Wildman–Crippen MR) is 125 cm³/mol. The summed E-state index contributed by atoms with van der Waals surface area (Å²) in [5.41, 5.74) is 4.02. The van der Waals surface area contributed by atoms with E-state index in [1.165, 1.54) is 18.4 Å². The van der Waals surface area contributed by atoms with Gasteiger partial charge in [0.25, 0.3) is 0 Å². The molecule has 1 atom stereocenters. The lowest BCUT2D eigenvalue weighted by molar-refractivity contribution is 0.0730. The van der Waals surface area contributed by atoms with Crippen molar-refractivity contribution < 1.29 is 9.53 Å². The zero-order chi connectivity index (χ0) is 22.2. The number of aryl methyl sites for hydroxylation is 3. The molecule has 0 fully saturated rings. The van der Waals surface area contributed by atoms with E-state index < -0.39 is 5.97 Å². The molecule has 0 aliphatic rings. The van der Waals surface area contributed by atoms with Gasteiger partial charge < -0.3 is 10.1 Å². The van der Waals surface area contributed by atoms with Crippen molar-refractivity contribution >= 4 is 11.9 Å². The number of nitrogens with one attached hydrogen (secondary N) is 1. The molecule has 3 rings (SSSR count). The highest BCUT2D eigenvalue weighted by atomic mass is 16.5. The van der Waals surface area contributed by atoms with E-state index in [2.05, 4.69) is 46.5 Å². The molecular formula is C26H31N3O2. The summed E-state index contributed by atoms with van der Waals surface area (Å²) in [5.74, 6) is 0.980. The van der Waals surface area contributed by atoms with Crippen LogP contribution in [0.2, 0.25) is 0 Å². The van der Waals surface area contributed by atoms with E-state index in [1.54, 1.807) is 6.07 Å². The molecule has 0 aliphatic heterocycles. The first kappa shape index (κ1) is 22.5. The van der Waals surface area contributed by atoms with Gasteiger partial charge in [-0.25, -0.2) is 14.8 Å². The maximum Gasteiger partial charge on any atom is 0.343 e. The summed E-state index contributed by atoms with van der Waals surface area (Å²) >= 11 is 0. The Kier molecular flexibility index (Phi) is 7.76. The van der Waals surface area contributed by atoms with Crippen LogP contribution in [0.1, 0.15) is 65.0 Å². The van der Waals surface area contributed by atoms with E-state index in [-0.39, 0.29) is 0 Å². The van der Waals surface area contributed by atoms with E-state index in [4.69, 9.17) is 4.74 Å². The van der Waals surface area contributed by atoms with Crippen molar-refractivity contribution in [3.05, 3.63) is 82.7 Å². The fraction of sp³-hybridized carbons (Fsp3) is 0.346. The van der Waals surface area contributed by atoms with Crippen molar-refractivity contribution in [1.82, 2.24) is 9.97 Å². The van der Waals surface area contributed by atoms with Gasteiger partial charge in [0.15, 0.2) is 5.75 Å². The van der Waals surface area contributed by atoms with Gasteiger partial charge in [0.1, 0.15) is 0 Å². The molecule has 31 heavy (non-hydrogen) atoms. The minimum atomic E-state index is -0.391. The van der Waals surface area contributed by atoms with Crippen LogP contribution in [0.15, 0.2) is 54.6 Å². The molecule has 0 radical (unpaired) electrons. The number of benzene rings is 2. The number of nitrogens with zero attached hydrogens (tertiary/aromatic N) is 2. The molecule has 0 amide bonds. The van der Waals surface area contributed by atoms with Crippen LogP contribution in [0.4, 0.5) is 5.95 Å². The molecule has 0 saturated carbocycles. The molecule has 3 aromatic rings. The van der Waals surface area contributed by atoms with Crippen LogP contribution >= 0.6 is 0 Å². The van der Waals surface area contributed by atoms with Crippen molar-refractivity contribution in [1.29, 1.82) is 0 Å². The number of aromatic nitrogens is 2. The fourth-order valence-corrected chi connectivity index (χ4v) is 3.66. The molecule has 162 valence electrons. The van der Waals surface area contributed by atoms with E-state index in [9.17, 15) is 4.79 Å². The zero-order valence-electron chi connectivity index (χ0n) is 18.8. The first-order valence-corrected chi connectivity index (χ1v) is 10.9. The van der Waals surface area contributed by atoms with Crippen LogP contribution in [0.3, 0.4) is 0 Å². The van der Waals surface area contributed by atoms with Crippen LogP contribution in [-0.2, 0) is 0 Å². The largest absolute Gasteiger partial charge is 0.419 e. The molecule has 5 heteroatoms. The summed E-state index contributed by atoms with van der Waals surface area (Å²) in [6.07, 6.45) is 3.45. The van der Waals surface area contributed by atoms with Gasteiger partial charge in [-0.3, -0.25) is 0 Å². The average Bonchev–Trinajstić information content (AvgIpc) is 2.77. The number of carbonyl (C=O) groups excluding carboxylic acids is 1. The average molecular weight is 418 g/mol. The summed E-state index contributed by atoms with van der Waals surface area (Å²) < 4.78 is 5.65. The van der Waals surface area contributed by atoms with Crippen LogP contribution in [0.5, 0.6) is 5.75 Å². The molecule has 5 nitrogen and oxygen atoms in total. The highest BCUT2D eigenvalue weighted by molar-refractivity contribution is 5.92. The first-order chi connectivity index (χ1) is 15.0. The number of carbonyl (C=O) groups is 1. The summed E-state index contributed by atoms with van der Waals surface area (Å²) in [6.45, 7) is 8.53. The number of esters is 1. The lowest BCUT2D eigenvalue weighted by Gasteiger charge is -2.19. The van der Waals surface area contributed by atoms with Crippen LogP contribution in [0, 0.1) is 20.8 Å². The van der Waals surface area contributed by atoms with Gasteiger partial charge in [-0.15, -0.1) is 0 Å². The minimum absolute atomic E-state index is 0.391. The topological polar surface area (TPSA) is 64.1 Å². The smallest absolute Gasteiger partial charge is 0.343 e. The Hall–Kier alpha value is -3.21. The van der Waals surface area contributed by atoms with Crippen LogP contribution < -0.4 is 10.1 Å². The molecule has 1 heterocycles. The van der Waals surface area contributed by atoms with E-state index in [0.717, 1.165) is 18.5 Å². The number of hydrogen-bond acceptors (Lipinski definition) is 5. The molecule has 1 unspecified atom stereocenters. The number of unbranched alkanes of at least 4 members (excludes halogenated alkanes) is 1. The van der Waals surface area contributed by atoms with E-state index in [0.29, 0.717) is 34.6 Å². The number of rotatable bonds is 9. The van der Waals surface area contributed by atoms with Gasteiger partial charge in [-0.05, 0) is 44.4 Å². The standard InChI is InChI=1S/C26H31N3O2/c1-5-6-13-22(21-14-8-7-9-15-21)17-27-26-28-19(3)24(20(4)29-26)31-25(30)23-16-11-10-12-18(23)2/h7-12,14-16,22H,5-6,13,17H2,1-4H3,(H,27,28,29). The second-order valence-electron chi connectivity index (χ2n) is 7.88. The zero-order valence-corrected chi connectivity index (χ0v) is 18.8. The number of ether oxygens (including phenoxy) is 1. The van der Waals surface area contributed by atoms with Crippen molar-refractivity contribution in [2.24, 2.45) is 0 Å². The monoisotopic (exact) mass is 417 g/mol. The Morgan fingerprint density at radius 3 is 2.26 bits per heavy atom. The Labute approximate surface area is 184 Å². The quantitative estimate of drug-likeness (QED) is 0.432. The minimum Gasteiger partial charge on any atom is -0.419 e. The third-order valence-electron chi connectivity index (χ3n) is 5.45. The highest BCUT2D eigenvalue weighted by Gasteiger charge is 2.18. The second-order valence-corrected chi connectivity index (χ2v) is 7.88. The third-order valence-corrected chi connectivity index (χ3v) is 5.45. The Bertz CT molecular complexity index is 995. The maximum absolute atomic E-state index is 12.6. The number of hydrogen-bond donors (Lipinski definition) is 1. The van der Waals surface area contributed by atoms with Gasteiger partial charge in [-0.2, -0.15) is 0 Å². The Morgan fingerprint density at radius 2 is 1.61 bits per heavy atom. The van der Waals surface area contributed by atoms with Crippen molar-refractivity contribution in [2.45, 2.75) is 52.9 Å². The highest BCUT2D eigenvalue weighted by Crippen LogP contribution is 2.25. The summed E-state index contributed by atoms with van der Waals surface area (Å²) in [6, 6.07) is 17.9. The molecular weight excluding hydrogens is 386 g/mol. The lowest BCUT2D eigenvalue weighted by Crippen LogP contribution is -2.17. The van der Waals surface area contributed by atoms with Crippen molar-refractivity contribution in [2.75, 3.05) is 11.9 Å². The first-order valence-electron chi connectivity index (χ1n) is 10.9. The lowest BCUT2D eigenvalue weighted by atomic mass is 9.93. The maximum atomic E-state index is 12.6.